The molecule has 2 heterocycles. The molecule has 0 radical (unpaired) electrons. The van der Waals surface area contributed by atoms with Crippen LogP contribution in [0.1, 0.15) is 32.4 Å². The molecule has 0 aromatic heterocycles. The van der Waals surface area contributed by atoms with Crippen molar-refractivity contribution in [2.45, 2.75) is 6.17 Å². The molecule has 5 nitrogen and oxygen atoms in total. The van der Waals surface area contributed by atoms with Crippen molar-refractivity contribution >= 4 is 50.7 Å². The van der Waals surface area contributed by atoms with Gasteiger partial charge in [0.25, 0.3) is 11.8 Å². The molecule has 0 aliphatic carbocycles. The number of carbonyl (C=O) groups excluding carboxylic acids is 2. The van der Waals surface area contributed by atoms with Crippen molar-refractivity contribution in [3.63, 3.8) is 0 Å². The molecular formula is C21H13BrClN3O2. The third-order valence-electron chi connectivity index (χ3n) is 4.94. The predicted molar refractivity (Wildman–Crippen MR) is 111 cm³/mol. The van der Waals surface area contributed by atoms with Crippen LogP contribution in [0.4, 0.5) is 11.4 Å². The summed E-state index contributed by atoms with van der Waals surface area (Å²) in [7, 11) is 0. The Bertz CT molecular complexity index is 1130. The molecule has 3 aromatic carbocycles. The minimum absolute atomic E-state index is 0.125. The number of hydrogen-bond acceptors (Lipinski definition) is 3. The van der Waals surface area contributed by atoms with Gasteiger partial charge < -0.3 is 0 Å². The standard InChI is InChI=1S/C21H13BrClN3O2/c22-12-5-10-18-17(11-12)21(28)26(24-14-8-6-13(23)7-9-14)19-15-3-1-2-4-16(15)20(27)25(18)19/h1-11,19,24H. The van der Waals surface area contributed by atoms with Crippen LogP contribution in [0.3, 0.4) is 0 Å². The second kappa shape index (κ2) is 6.36. The molecule has 2 aliphatic rings. The number of nitrogens with zero attached hydrogens (tertiary/aromatic N) is 2. The Hall–Kier alpha value is -2.83. The van der Waals surface area contributed by atoms with Crippen molar-refractivity contribution in [1.82, 2.24) is 5.01 Å². The fraction of sp³-hybridized carbons (Fsp3) is 0.0476. The van der Waals surface area contributed by atoms with E-state index in [2.05, 4.69) is 21.4 Å². The van der Waals surface area contributed by atoms with Gasteiger partial charge in [0, 0.05) is 20.6 Å². The molecule has 0 saturated carbocycles. The van der Waals surface area contributed by atoms with Crippen LogP contribution in [-0.4, -0.2) is 16.8 Å². The van der Waals surface area contributed by atoms with E-state index in [1.807, 2.05) is 24.3 Å². The zero-order chi connectivity index (χ0) is 19.4. The molecule has 0 fully saturated rings. The minimum atomic E-state index is -0.569. The maximum atomic E-state index is 13.4. The van der Waals surface area contributed by atoms with Crippen LogP contribution in [0.5, 0.6) is 0 Å². The summed E-state index contributed by atoms with van der Waals surface area (Å²) >= 11 is 9.40. The van der Waals surface area contributed by atoms with Crippen LogP contribution in [0.15, 0.2) is 71.2 Å². The largest absolute Gasteiger partial charge is 0.293 e. The Kier molecular flexibility index (Phi) is 3.92. The van der Waals surface area contributed by atoms with E-state index in [4.69, 9.17) is 11.6 Å². The Morgan fingerprint density at radius 3 is 2.43 bits per heavy atom. The second-order valence-corrected chi connectivity index (χ2v) is 7.94. The van der Waals surface area contributed by atoms with E-state index in [9.17, 15) is 9.59 Å². The third-order valence-corrected chi connectivity index (χ3v) is 5.68. The number of hydrazine groups is 1. The highest BCUT2D eigenvalue weighted by molar-refractivity contribution is 9.10. The molecule has 138 valence electrons. The van der Waals surface area contributed by atoms with E-state index in [0.29, 0.717) is 27.5 Å². The van der Waals surface area contributed by atoms with Gasteiger partial charge in [-0.2, -0.15) is 0 Å². The van der Waals surface area contributed by atoms with Gasteiger partial charge in [-0.15, -0.1) is 0 Å². The maximum Gasteiger partial charge on any atom is 0.276 e. The lowest BCUT2D eigenvalue weighted by Crippen LogP contribution is -2.50. The summed E-state index contributed by atoms with van der Waals surface area (Å²) in [6, 6.07) is 19.8. The van der Waals surface area contributed by atoms with E-state index in [1.165, 1.54) is 5.01 Å². The van der Waals surface area contributed by atoms with Crippen molar-refractivity contribution in [2.75, 3.05) is 10.3 Å². The van der Waals surface area contributed by atoms with Crippen LogP contribution in [0.2, 0.25) is 5.02 Å². The van der Waals surface area contributed by atoms with Crippen molar-refractivity contribution in [3.05, 3.63) is 92.9 Å². The van der Waals surface area contributed by atoms with E-state index < -0.39 is 6.17 Å². The molecule has 5 rings (SSSR count). The van der Waals surface area contributed by atoms with Crippen molar-refractivity contribution in [2.24, 2.45) is 0 Å². The molecule has 0 saturated heterocycles. The molecule has 28 heavy (non-hydrogen) atoms. The van der Waals surface area contributed by atoms with Gasteiger partial charge in [0.15, 0.2) is 6.17 Å². The number of carbonyl (C=O) groups is 2. The smallest absolute Gasteiger partial charge is 0.276 e. The first-order valence-electron chi connectivity index (χ1n) is 8.62. The molecule has 2 aliphatic heterocycles. The quantitative estimate of drug-likeness (QED) is 0.576. The molecule has 1 N–H and O–H groups in total. The average molecular weight is 455 g/mol. The van der Waals surface area contributed by atoms with Gasteiger partial charge in [0.2, 0.25) is 0 Å². The maximum absolute atomic E-state index is 13.4. The molecule has 1 unspecified atom stereocenters. The monoisotopic (exact) mass is 453 g/mol. The van der Waals surface area contributed by atoms with Gasteiger partial charge >= 0.3 is 0 Å². The fourth-order valence-corrected chi connectivity index (χ4v) is 4.19. The molecule has 3 aromatic rings. The first-order chi connectivity index (χ1) is 13.5. The molecule has 7 heteroatoms. The highest BCUT2D eigenvalue weighted by Gasteiger charge is 2.48. The molecule has 2 amide bonds. The molecule has 0 bridgehead atoms. The van der Waals surface area contributed by atoms with Gasteiger partial charge in [0.05, 0.1) is 16.9 Å². The van der Waals surface area contributed by atoms with E-state index in [-0.39, 0.29) is 11.8 Å². The van der Waals surface area contributed by atoms with Crippen LogP contribution < -0.4 is 10.3 Å². The van der Waals surface area contributed by atoms with E-state index >= 15 is 0 Å². The van der Waals surface area contributed by atoms with Gasteiger partial charge in [-0.3, -0.25) is 19.9 Å². The number of fused-ring (bicyclic) bond motifs is 5. The normalized spacial score (nSPS) is 17.3. The number of hydrogen-bond donors (Lipinski definition) is 1. The predicted octanol–water partition coefficient (Wildman–Crippen LogP) is 5.24. The van der Waals surface area contributed by atoms with E-state index in [0.717, 1.165) is 10.0 Å². The molecule has 1 atom stereocenters. The Labute approximate surface area is 174 Å². The lowest BCUT2D eigenvalue weighted by Gasteiger charge is -2.41. The third kappa shape index (κ3) is 2.52. The zero-order valence-corrected chi connectivity index (χ0v) is 16.7. The Balaban J connectivity index is 1.68. The van der Waals surface area contributed by atoms with Gasteiger partial charge in [0.1, 0.15) is 0 Å². The summed E-state index contributed by atoms with van der Waals surface area (Å²) in [5.41, 5.74) is 6.31. The van der Waals surface area contributed by atoms with Crippen LogP contribution in [-0.2, 0) is 0 Å². The first-order valence-corrected chi connectivity index (χ1v) is 9.79. The lowest BCUT2D eigenvalue weighted by atomic mass is 10.0. The van der Waals surface area contributed by atoms with Gasteiger partial charge in [-0.25, -0.2) is 5.01 Å². The van der Waals surface area contributed by atoms with Crippen molar-refractivity contribution < 1.29 is 9.59 Å². The molecular weight excluding hydrogens is 442 g/mol. The van der Waals surface area contributed by atoms with Crippen molar-refractivity contribution in [3.8, 4) is 0 Å². The van der Waals surface area contributed by atoms with Crippen LogP contribution in [0, 0.1) is 0 Å². The fourth-order valence-electron chi connectivity index (χ4n) is 3.70. The van der Waals surface area contributed by atoms with Crippen LogP contribution in [0.25, 0.3) is 0 Å². The summed E-state index contributed by atoms with van der Waals surface area (Å²) in [4.78, 5) is 28.2. The topological polar surface area (TPSA) is 52.7 Å². The summed E-state index contributed by atoms with van der Waals surface area (Å²) in [6.45, 7) is 0. The zero-order valence-electron chi connectivity index (χ0n) is 14.4. The Morgan fingerprint density at radius 1 is 0.893 bits per heavy atom. The summed E-state index contributed by atoms with van der Waals surface area (Å²) in [5, 5.41) is 2.11. The number of amides is 2. The Morgan fingerprint density at radius 2 is 1.64 bits per heavy atom. The van der Waals surface area contributed by atoms with E-state index in [1.54, 1.807) is 47.4 Å². The summed E-state index contributed by atoms with van der Waals surface area (Å²) in [5.74, 6) is -0.336. The SMILES string of the molecule is O=C1c2cc(Br)ccc2N2C(=O)c3ccccc3C2N1Nc1ccc(Cl)cc1. The van der Waals surface area contributed by atoms with Crippen molar-refractivity contribution in [1.29, 1.82) is 0 Å². The highest BCUT2D eigenvalue weighted by Crippen LogP contribution is 2.45. The van der Waals surface area contributed by atoms with Gasteiger partial charge in [-0.05, 0) is 48.5 Å². The lowest BCUT2D eigenvalue weighted by molar-refractivity contribution is 0.0700. The second-order valence-electron chi connectivity index (χ2n) is 6.59. The summed E-state index contributed by atoms with van der Waals surface area (Å²) in [6.07, 6.45) is -0.569. The number of rotatable bonds is 2. The number of nitrogens with one attached hydrogen (secondary N) is 1. The minimum Gasteiger partial charge on any atom is -0.293 e. The number of anilines is 2. The summed E-state index contributed by atoms with van der Waals surface area (Å²) < 4.78 is 0.772. The van der Waals surface area contributed by atoms with Gasteiger partial charge in [-0.1, -0.05) is 45.7 Å². The van der Waals surface area contributed by atoms with Crippen LogP contribution >= 0.6 is 27.5 Å². The average Bonchev–Trinajstić information content (AvgIpc) is 3.00. The number of halogens is 2. The first kappa shape index (κ1) is 17.3. The molecule has 0 spiro atoms. The number of benzene rings is 3. The highest BCUT2D eigenvalue weighted by atomic mass is 79.9.